The zero-order chi connectivity index (χ0) is 21.1. The molecule has 0 amide bonds. The van der Waals surface area contributed by atoms with Crippen LogP contribution in [0.2, 0.25) is 0 Å². The lowest BCUT2D eigenvalue weighted by molar-refractivity contribution is -0.142. The molecule has 1 aromatic rings. The monoisotopic (exact) mass is 399 g/mol. The molecule has 0 saturated carbocycles. The first-order valence-corrected chi connectivity index (χ1v) is 8.40. The van der Waals surface area contributed by atoms with Gasteiger partial charge in [-0.1, -0.05) is 18.2 Å². The summed E-state index contributed by atoms with van der Waals surface area (Å²) in [7, 11) is 1.42. The number of carbonyl (C=O) groups excluding carboxylic acids is 1. The Hall–Kier alpha value is -2.68. The SMILES string of the molecule is COCCOC(=O)C1=C(C)N=C(C)C(C(=O)O)C1c1cccc(C(F)(F)F)c1. The lowest BCUT2D eigenvalue weighted by Gasteiger charge is -2.30. The maximum Gasteiger partial charge on any atom is 0.416 e. The number of carboxylic acids is 1. The van der Waals surface area contributed by atoms with Gasteiger partial charge in [-0.3, -0.25) is 9.79 Å². The number of allylic oxidation sites excluding steroid dienone is 1. The number of aliphatic carboxylic acids is 1. The van der Waals surface area contributed by atoms with Crippen LogP contribution in [0, 0.1) is 5.92 Å². The molecule has 0 saturated heterocycles. The van der Waals surface area contributed by atoms with Crippen LogP contribution >= 0.6 is 0 Å². The van der Waals surface area contributed by atoms with E-state index < -0.39 is 35.5 Å². The Morgan fingerprint density at radius 2 is 1.89 bits per heavy atom. The number of rotatable bonds is 6. The molecule has 2 rings (SSSR count). The number of hydrogen-bond donors (Lipinski definition) is 1. The minimum atomic E-state index is -4.61. The quantitative estimate of drug-likeness (QED) is 0.585. The second kappa shape index (κ2) is 8.55. The van der Waals surface area contributed by atoms with E-state index in [1.807, 2.05) is 0 Å². The summed E-state index contributed by atoms with van der Waals surface area (Å²) in [5.41, 5.74) is -0.553. The van der Waals surface area contributed by atoms with Gasteiger partial charge in [0, 0.05) is 24.4 Å². The van der Waals surface area contributed by atoms with Crippen LogP contribution in [0.4, 0.5) is 13.2 Å². The van der Waals surface area contributed by atoms with Gasteiger partial charge in [-0.15, -0.1) is 0 Å². The van der Waals surface area contributed by atoms with Crippen molar-refractivity contribution in [2.75, 3.05) is 20.3 Å². The maximum absolute atomic E-state index is 13.1. The number of halogens is 3. The summed E-state index contributed by atoms with van der Waals surface area (Å²) < 4.78 is 49.3. The Balaban J connectivity index is 2.58. The van der Waals surface area contributed by atoms with Gasteiger partial charge in [0.15, 0.2) is 0 Å². The molecule has 9 heteroatoms. The molecule has 2 atom stereocenters. The van der Waals surface area contributed by atoms with Crippen molar-refractivity contribution in [1.29, 1.82) is 0 Å². The van der Waals surface area contributed by atoms with Gasteiger partial charge in [-0.2, -0.15) is 13.2 Å². The van der Waals surface area contributed by atoms with Crippen molar-refractivity contribution in [2.45, 2.75) is 25.9 Å². The molecule has 0 aromatic heterocycles. The first-order valence-electron chi connectivity index (χ1n) is 8.40. The largest absolute Gasteiger partial charge is 0.481 e. The molecule has 1 N–H and O–H groups in total. The van der Waals surface area contributed by atoms with Crippen molar-refractivity contribution in [2.24, 2.45) is 10.9 Å². The molecule has 152 valence electrons. The second-order valence-electron chi connectivity index (χ2n) is 6.30. The molecule has 2 unspecified atom stereocenters. The number of esters is 1. The number of methoxy groups -OCH3 is 1. The third kappa shape index (κ3) is 4.59. The van der Waals surface area contributed by atoms with Crippen LogP contribution in [0.5, 0.6) is 0 Å². The van der Waals surface area contributed by atoms with Gasteiger partial charge >= 0.3 is 18.1 Å². The van der Waals surface area contributed by atoms with Crippen LogP contribution < -0.4 is 0 Å². The average Bonchev–Trinajstić information content (AvgIpc) is 2.60. The number of alkyl halides is 3. The molecular weight excluding hydrogens is 379 g/mol. The summed E-state index contributed by atoms with van der Waals surface area (Å²) in [4.78, 5) is 28.6. The highest BCUT2D eigenvalue weighted by molar-refractivity contribution is 6.06. The van der Waals surface area contributed by atoms with Crippen molar-refractivity contribution in [3.63, 3.8) is 0 Å². The van der Waals surface area contributed by atoms with Crippen molar-refractivity contribution in [3.05, 3.63) is 46.7 Å². The molecule has 28 heavy (non-hydrogen) atoms. The van der Waals surface area contributed by atoms with Crippen LogP contribution in [0.25, 0.3) is 0 Å². The van der Waals surface area contributed by atoms with Crippen LogP contribution in [0.1, 0.15) is 30.9 Å². The number of hydrogen-bond acceptors (Lipinski definition) is 5. The molecule has 0 radical (unpaired) electrons. The zero-order valence-electron chi connectivity index (χ0n) is 15.5. The maximum atomic E-state index is 13.1. The molecular formula is C19H20F3NO5. The molecule has 6 nitrogen and oxygen atoms in total. The van der Waals surface area contributed by atoms with Gasteiger partial charge < -0.3 is 14.6 Å². The highest BCUT2D eigenvalue weighted by Crippen LogP contribution is 2.41. The second-order valence-corrected chi connectivity index (χ2v) is 6.30. The van der Waals surface area contributed by atoms with Crippen molar-refractivity contribution >= 4 is 17.7 Å². The fourth-order valence-electron chi connectivity index (χ4n) is 3.19. The van der Waals surface area contributed by atoms with E-state index >= 15 is 0 Å². The Kier molecular flexibility index (Phi) is 6.60. The van der Waals surface area contributed by atoms with E-state index in [4.69, 9.17) is 9.47 Å². The minimum Gasteiger partial charge on any atom is -0.481 e. The first-order chi connectivity index (χ1) is 13.1. The van der Waals surface area contributed by atoms with Gasteiger partial charge in [0.2, 0.25) is 0 Å². The smallest absolute Gasteiger partial charge is 0.416 e. The highest BCUT2D eigenvalue weighted by Gasteiger charge is 2.42. The van der Waals surface area contributed by atoms with Gasteiger partial charge in [0.05, 0.1) is 17.7 Å². The predicted octanol–water partition coefficient (Wildman–Crippen LogP) is 3.43. The molecule has 1 aliphatic rings. The number of ether oxygens (including phenoxy) is 2. The van der Waals surface area contributed by atoms with Crippen LogP contribution in [-0.4, -0.2) is 43.1 Å². The predicted molar refractivity (Wildman–Crippen MR) is 94.0 cm³/mol. The summed E-state index contributed by atoms with van der Waals surface area (Å²) in [6.07, 6.45) is -4.61. The van der Waals surface area contributed by atoms with Crippen LogP contribution in [0.15, 0.2) is 40.5 Å². The van der Waals surface area contributed by atoms with Crippen LogP contribution in [-0.2, 0) is 25.2 Å². The first kappa shape index (κ1) is 21.6. The minimum absolute atomic E-state index is 0.0505. The molecule has 0 fully saturated rings. The van der Waals surface area contributed by atoms with E-state index in [-0.39, 0.29) is 35.8 Å². The van der Waals surface area contributed by atoms with E-state index in [9.17, 15) is 27.9 Å². The van der Waals surface area contributed by atoms with E-state index in [0.717, 1.165) is 12.1 Å². The lowest BCUT2D eigenvalue weighted by atomic mass is 9.75. The van der Waals surface area contributed by atoms with E-state index in [1.165, 1.54) is 33.1 Å². The average molecular weight is 399 g/mol. The summed E-state index contributed by atoms with van der Waals surface area (Å²) >= 11 is 0. The number of aliphatic imine (C=N–C) groups is 1. The van der Waals surface area contributed by atoms with Gasteiger partial charge in [0.1, 0.15) is 12.5 Å². The fraction of sp³-hybridized carbons (Fsp3) is 0.421. The summed E-state index contributed by atoms with van der Waals surface area (Å²) in [6.45, 7) is 3.00. The standard InChI is InChI=1S/C19H20F3NO5/c1-10-14(17(24)25)16(12-5-4-6-13(9-12)19(20,21)22)15(11(2)23-10)18(26)28-8-7-27-3/h4-6,9,14,16H,7-8H2,1-3H3,(H,24,25). The zero-order valence-corrected chi connectivity index (χ0v) is 15.5. The lowest BCUT2D eigenvalue weighted by Crippen LogP contribution is -2.35. The molecule has 0 aliphatic carbocycles. The van der Waals surface area contributed by atoms with Gasteiger partial charge in [-0.05, 0) is 25.5 Å². The topological polar surface area (TPSA) is 85.2 Å². The highest BCUT2D eigenvalue weighted by atomic mass is 19.4. The van der Waals surface area contributed by atoms with Crippen LogP contribution in [0.3, 0.4) is 0 Å². The van der Waals surface area contributed by atoms with Crippen molar-refractivity contribution in [3.8, 4) is 0 Å². The molecule has 1 aliphatic heterocycles. The third-order valence-electron chi connectivity index (χ3n) is 4.41. The summed E-state index contributed by atoms with van der Waals surface area (Å²) in [5, 5.41) is 9.67. The normalized spacial score (nSPS) is 20.0. The van der Waals surface area contributed by atoms with Crippen molar-refractivity contribution < 1.29 is 37.3 Å². The number of benzene rings is 1. The van der Waals surface area contributed by atoms with E-state index in [0.29, 0.717) is 0 Å². The number of nitrogens with zero attached hydrogens (tertiary/aromatic N) is 1. The molecule has 0 spiro atoms. The number of carbonyl (C=O) groups is 2. The Morgan fingerprint density at radius 1 is 1.21 bits per heavy atom. The Morgan fingerprint density at radius 3 is 2.46 bits per heavy atom. The summed E-state index contributed by atoms with van der Waals surface area (Å²) in [6, 6.07) is 4.29. The van der Waals surface area contributed by atoms with E-state index in [1.54, 1.807) is 0 Å². The Labute approximate surface area is 159 Å². The van der Waals surface area contributed by atoms with Gasteiger partial charge in [0.25, 0.3) is 0 Å². The molecule has 1 aromatic carbocycles. The number of carboxylic acid groups (broad SMARTS) is 1. The summed E-state index contributed by atoms with van der Waals surface area (Å²) in [5.74, 6) is -4.58. The van der Waals surface area contributed by atoms with E-state index in [2.05, 4.69) is 4.99 Å². The van der Waals surface area contributed by atoms with Gasteiger partial charge in [-0.25, -0.2) is 4.79 Å². The molecule has 1 heterocycles. The third-order valence-corrected chi connectivity index (χ3v) is 4.41. The fourth-order valence-corrected chi connectivity index (χ4v) is 3.19. The Bertz CT molecular complexity index is 829. The molecule has 0 bridgehead atoms. The van der Waals surface area contributed by atoms with Crippen molar-refractivity contribution in [1.82, 2.24) is 0 Å².